The second kappa shape index (κ2) is 6.31. The molecule has 4 nitrogen and oxygen atoms in total. The zero-order valence-electron chi connectivity index (χ0n) is 12.9. The number of phenols is 1. The molecule has 0 fully saturated rings. The molecule has 0 unspecified atom stereocenters. The van der Waals surface area contributed by atoms with Crippen molar-refractivity contribution in [3.8, 4) is 11.8 Å². The first-order valence-corrected chi connectivity index (χ1v) is 7.02. The van der Waals surface area contributed by atoms with Gasteiger partial charge in [-0.25, -0.2) is 0 Å². The number of allylic oxidation sites excluding steroid dienone is 2. The van der Waals surface area contributed by atoms with Crippen molar-refractivity contribution in [2.45, 2.75) is 27.2 Å². The van der Waals surface area contributed by atoms with E-state index in [1.54, 1.807) is 31.2 Å². The first-order valence-electron chi connectivity index (χ1n) is 7.02. The second-order valence-corrected chi connectivity index (χ2v) is 5.45. The predicted octanol–water partition coefficient (Wildman–Crippen LogP) is 3.24. The molecule has 0 aliphatic heterocycles. The molecule has 0 aliphatic rings. The number of aromatic hydroxyl groups is 1. The van der Waals surface area contributed by atoms with Gasteiger partial charge in [0.05, 0.1) is 18.1 Å². The van der Waals surface area contributed by atoms with Gasteiger partial charge in [0.2, 0.25) is 0 Å². The maximum atomic E-state index is 12.1. The number of hydrogen-bond donors (Lipinski definition) is 1. The van der Waals surface area contributed by atoms with Crippen molar-refractivity contribution in [2.75, 3.05) is 0 Å². The number of nitriles is 1. The largest absolute Gasteiger partial charge is 0.618 e. The minimum absolute atomic E-state index is 0.111. The Morgan fingerprint density at radius 2 is 2.00 bits per heavy atom. The number of benzene rings is 1. The zero-order chi connectivity index (χ0) is 16.3. The van der Waals surface area contributed by atoms with Crippen LogP contribution in [0, 0.1) is 23.5 Å². The molecule has 1 aromatic heterocycles. The number of phenolic OH excluding ortho intramolecular Hbond substituents is 1. The Labute approximate surface area is 130 Å². The summed E-state index contributed by atoms with van der Waals surface area (Å²) in [4.78, 5) is 0. The smallest absolute Gasteiger partial charge is 0.197 e. The first kappa shape index (κ1) is 15.6. The summed E-state index contributed by atoms with van der Waals surface area (Å²) in [6.07, 6.45) is 0.399. The van der Waals surface area contributed by atoms with Crippen LogP contribution < -0.4 is 4.73 Å². The highest BCUT2D eigenvalue weighted by atomic mass is 16.5. The maximum absolute atomic E-state index is 12.1. The van der Waals surface area contributed by atoms with Crippen LogP contribution in [0.3, 0.4) is 0 Å². The van der Waals surface area contributed by atoms with Gasteiger partial charge in [0.25, 0.3) is 0 Å². The molecule has 1 heterocycles. The fourth-order valence-electron chi connectivity index (χ4n) is 2.36. The van der Waals surface area contributed by atoms with E-state index in [9.17, 15) is 10.3 Å². The molecule has 0 bridgehead atoms. The number of hydrogen-bond acceptors (Lipinski definition) is 3. The minimum Gasteiger partial charge on any atom is -0.618 e. The van der Waals surface area contributed by atoms with Crippen LogP contribution >= 0.6 is 0 Å². The van der Waals surface area contributed by atoms with E-state index < -0.39 is 0 Å². The van der Waals surface area contributed by atoms with Gasteiger partial charge in [-0.3, -0.25) is 0 Å². The number of rotatable bonds is 3. The summed E-state index contributed by atoms with van der Waals surface area (Å²) in [5.41, 5.74) is 4.15. The van der Waals surface area contributed by atoms with Crippen LogP contribution in [0.25, 0.3) is 5.57 Å². The topological polar surface area (TPSA) is 71.0 Å². The second-order valence-electron chi connectivity index (χ2n) is 5.45. The van der Waals surface area contributed by atoms with Crippen molar-refractivity contribution in [3.05, 3.63) is 69.7 Å². The highest BCUT2D eigenvalue weighted by molar-refractivity contribution is 5.74. The van der Waals surface area contributed by atoms with E-state index in [-0.39, 0.29) is 5.75 Å². The van der Waals surface area contributed by atoms with Gasteiger partial charge in [0, 0.05) is 24.6 Å². The molecule has 112 valence electrons. The fourth-order valence-corrected chi connectivity index (χ4v) is 2.36. The first-order chi connectivity index (χ1) is 10.4. The van der Waals surface area contributed by atoms with E-state index in [0.717, 1.165) is 15.9 Å². The molecule has 2 aromatic rings. The molecule has 0 amide bonds. The molecule has 0 saturated carbocycles. The van der Waals surface area contributed by atoms with E-state index in [0.29, 0.717) is 28.9 Å². The standard InChI is InChI=1S/C18H18N2O2/c1-12(2)16(10-15-6-4-5-13(3)20(15)22)17-9-14(11-19)7-8-18(17)21/h4-9,21H,10H2,1-3H3. The Hall–Kier alpha value is -2.80. The van der Waals surface area contributed by atoms with Crippen molar-refractivity contribution < 1.29 is 9.84 Å². The number of aromatic nitrogens is 1. The summed E-state index contributed by atoms with van der Waals surface area (Å²) in [5, 5.41) is 31.3. The number of aryl methyl sites for hydroxylation is 1. The van der Waals surface area contributed by atoms with Crippen LogP contribution in [0.2, 0.25) is 0 Å². The highest BCUT2D eigenvalue weighted by Gasteiger charge is 2.16. The average Bonchev–Trinajstić information content (AvgIpc) is 2.49. The molecule has 22 heavy (non-hydrogen) atoms. The van der Waals surface area contributed by atoms with Gasteiger partial charge in [-0.2, -0.15) is 9.99 Å². The van der Waals surface area contributed by atoms with E-state index in [4.69, 9.17) is 5.26 Å². The van der Waals surface area contributed by atoms with Crippen molar-refractivity contribution >= 4 is 5.57 Å². The molecular formula is C18H18N2O2. The monoisotopic (exact) mass is 294 g/mol. The van der Waals surface area contributed by atoms with Crippen LogP contribution in [0.4, 0.5) is 0 Å². The Bertz CT molecular complexity index is 782. The normalized spacial score (nSPS) is 10.1. The van der Waals surface area contributed by atoms with Crippen molar-refractivity contribution in [2.24, 2.45) is 0 Å². The zero-order valence-corrected chi connectivity index (χ0v) is 12.9. The Morgan fingerprint density at radius 3 is 2.64 bits per heavy atom. The fraction of sp³-hybridized carbons (Fsp3) is 0.222. The SMILES string of the molecule is CC(C)=C(Cc1cccc(C)[n+]1[O-])c1cc(C#N)ccc1O. The van der Waals surface area contributed by atoms with Crippen molar-refractivity contribution in [1.82, 2.24) is 0 Å². The van der Waals surface area contributed by atoms with Crippen LogP contribution in [0.15, 0.2) is 42.0 Å². The Balaban J connectivity index is 2.52. The lowest BCUT2D eigenvalue weighted by molar-refractivity contribution is -0.620. The lowest BCUT2D eigenvalue weighted by Crippen LogP contribution is -2.35. The summed E-state index contributed by atoms with van der Waals surface area (Å²) < 4.78 is 0.897. The maximum Gasteiger partial charge on any atom is 0.197 e. The van der Waals surface area contributed by atoms with Gasteiger partial charge in [-0.05, 0) is 43.7 Å². The van der Waals surface area contributed by atoms with Gasteiger partial charge in [-0.1, -0.05) is 5.57 Å². The molecule has 0 atom stereocenters. The van der Waals surface area contributed by atoms with E-state index in [1.807, 2.05) is 19.9 Å². The third kappa shape index (κ3) is 3.09. The van der Waals surface area contributed by atoms with Gasteiger partial charge in [0.15, 0.2) is 11.4 Å². The van der Waals surface area contributed by atoms with Gasteiger partial charge in [-0.15, -0.1) is 0 Å². The molecule has 0 spiro atoms. The molecule has 2 rings (SSSR count). The van der Waals surface area contributed by atoms with Gasteiger partial charge < -0.3 is 10.3 Å². The van der Waals surface area contributed by atoms with E-state index >= 15 is 0 Å². The molecular weight excluding hydrogens is 276 g/mol. The quantitative estimate of drug-likeness (QED) is 0.697. The third-order valence-electron chi connectivity index (χ3n) is 3.62. The lowest BCUT2D eigenvalue weighted by Gasteiger charge is -2.13. The van der Waals surface area contributed by atoms with Gasteiger partial charge >= 0.3 is 0 Å². The third-order valence-corrected chi connectivity index (χ3v) is 3.62. The minimum atomic E-state index is 0.111. The molecule has 0 radical (unpaired) electrons. The van der Waals surface area contributed by atoms with E-state index in [2.05, 4.69) is 6.07 Å². The molecule has 4 heteroatoms. The number of nitrogens with zero attached hydrogens (tertiary/aromatic N) is 2. The summed E-state index contributed by atoms with van der Waals surface area (Å²) in [5.74, 6) is 0.111. The predicted molar refractivity (Wildman–Crippen MR) is 84.9 cm³/mol. The molecule has 0 aliphatic carbocycles. The Kier molecular flexibility index (Phi) is 4.47. The number of pyridine rings is 1. The average molecular weight is 294 g/mol. The molecule has 1 N–H and O–H groups in total. The van der Waals surface area contributed by atoms with Crippen molar-refractivity contribution in [1.29, 1.82) is 5.26 Å². The molecule has 1 aromatic carbocycles. The van der Waals surface area contributed by atoms with Crippen LogP contribution in [-0.4, -0.2) is 5.11 Å². The highest BCUT2D eigenvalue weighted by Crippen LogP contribution is 2.30. The Morgan fingerprint density at radius 1 is 1.27 bits per heavy atom. The van der Waals surface area contributed by atoms with Crippen LogP contribution in [0.1, 0.15) is 36.4 Å². The van der Waals surface area contributed by atoms with E-state index in [1.165, 1.54) is 6.07 Å². The molecule has 0 saturated heterocycles. The lowest BCUT2D eigenvalue weighted by atomic mass is 9.94. The van der Waals surface area contributed by atoms with Gasteiger partial charge in [0.1, 0.15) is 5.75 Å². The van der Waals surface area contributed by atoms with Crippen molar-refractivity contribution in [3.63, 3.8) is 0 Å². The summed E-state index contributed by atoms with van der Waals surface area (Å²) >= 11 is 0. The van der Waals surface area contributed by atoms with Crippen LogP contribution in [0.5, 0.6) is 5.75 Å². The van der Waals surface area contributed by atoms with Crippen LogP contribution in [-0.2, 0) is 6.42 Å². The summed E-state index contributed by atoms with van der Waals surface area (Å²) in [6.45, 7) is 5.62. The summed E-state index contributed by atoms with van der Waals surface area (Å²) in [6, 6.07) is 12.2. The summed E-state index contributed by atoms with van der Waals surface area (Å²) in [7, 11) is 0.